The van der Waals surface area contributed by atoms with Gasteiger partial charge in [-0.15, -0.1) is 0 Å². The molecule has 1 aliphatic carbocycles. The molecule has 0 bridgehead atoms. The number of hydrogen-bond acceptors (Lipinski definition) is 3. The summed E-state index contributed by atoms with van der Waals surface area (Å²) in [5.41, 5.74) is 9.90. The molecule has 1 aromatic heterocycles. The normalized spacial score (nSPS) is 14.8. The first-order chi connectivity index (χ1) is 13.1. The predicted octanol–water partition coefficient (Wildman–Crippen LogP) is 5.84. The Balaban J connectivity index is 1.71. The Hall–Kier alpha value is -2.07. The van der Waals surface area contributed by atoms with Gasteiger partial charge in [-0.1, -0.05) is 47.5 Å². The van der Waals surface area contributed by atoms with E-state index < -0.39 is 0 Å². The van der Waals surface area contributed by atoms with Crippen molar-refractivity contribution in [3.05, 3.63) is 70.8 Å². The lowest BCUT2D eigenvalue weighted by Crippen LogP contribution is -2.22. The van der Waals surface area contributed by atoms with Gasteiger partial charge in [0.25, 0.3) is 0 Å². The number of benzene rings is 2. The molecule has 0 radical (unpaired) electrons. The number of pyridine rings is 1. The topological polar surface area (TPSA) is 48.1 Å². The van der Waals surface area contributed by atoms with Gasteiger partial charge >= 0.3 is 0 Å². The van der Waals surface area contributed by atoms with Crippen molar-refractivity contribution < 1.29 is 4.74 Å². The van der Waals surface area contributed by atoms with E-state index in [1.165, 1.54) is 0 Å². The number of aromatic nitrogens is 1. The second-order valence-corrected chi connectivity index (χ2v) is 7.95. The third-order valence-electron chi connectivity index (χ3n) is 5.07. The first kappa shape index (κ1) is 18.3. The lowest BCUT2D eigenvalue weighted by Gasteiger charge is -2.16. The maximum absolute atomic E-state index is 6.06. The summed E-state index contributed by atoms with van der Waals surface area (Å²) in [5.74, 6) is 0.748. The molecule has 0 saturated heterocycles. The first-order valence-electron chi connectivity index (χ1n) is 8.93. The van der Waals surface area contributed by atoms with Gasteiger partial charge < -0.3 is 10.5 Å². The standard InChI is InChI=1S/C22H20Cl2N2O/c23-17-5-1-15(2-6-17)20-11-19(27-14-22(13-25)9-10-22)12-26-21(20)16-3-7-18(24)8-4-16/h1-8,11-12H,9-10,13-14,25H2. The molecule has 3 aromatic rings. The second kappa shape index (κ2) is 7.51. The number of ether oxygens (including phenoxy) is 1. The SMILES string of the molecule is NCC1(COc2cnc(-c3ccc(Cl)cc3)c(-c3ccc(Cl)cc3)c2)CC1. The van der Waals surface area contributed by atoms with E-state index in [4.69, 9.17) is 38.7 Å². The van der Waals surface area contributed by atoms with Crippen LogP contribution in [0, 0.1) is 5.41 Å². The third-order valence-corrected chi connectivity index (χ3v) is 5.57. The maximum atomic E-state index is 6.06. The van der Waals surface area contributed by atoms with Crippen molar-refractivity contribution in [1.29, 1.82) is 0 Å². The Kier molecular flexibility index (Phi) is 5.09. The average molecular weight is 399 g/mol. The van der Waals surface area contributed by atoms with Gasteiger partial charge in [0, 0.05) is 33.1 Å². The molecule has 0 amide bonds. The van der Waals surface area contributed by atoms with E-state index in [1.54, 1.807) is 6.20 Å². The summed E-state index contributed by atoms with van der Waals surface area (Å²) in [4.78, 5) is 4.69. The molecule has 138 valence electrons. The van der Waals surface area contributed by atoms with E-state index in [9.17, 15) is 0 Å². The van der Waals surface area contributed by atoms with Crippen LogP contribution >= 0.6 is 23.2 Å². The molecule has 4 rings (SSSR count). The molecule has 1 fully saturated rings. The average Bonchev–Trinajstić information content (AvgIpc) is 3.48. The van der Waals surface area contributed by atoms with Crippen LogP contribution in [0.5, 0.6) is 5.75 Å². The first-order valence-corrected chi connectivity index (χ1v) is 9.69. The Bertz CT molecular complexity index is 936. The Morgan fingerprint density at radius 1 is 0.926 bits per heavy atom. The van der Waals surface area contributed by atoms with Crippen LogP contribution in [0.3, 0.4) is 0 Å². The van der Waals surface area contributed by atoms with Crippen LogP contribution in [0.1, 0.15) is 12.8 Å². The molecule has 2 N–H and O–H groups in total. The van der Waals surface area contributed by atoms with Crippen molar-refractivity contribution in [3.63, 3.8) is 0 Å². The lowest BCUT2D eigenvalue weighted by molar-refractivity contribution is 0.238. The minimum atomic E-state index is 0.148. The highest BCUT2D eigenvalue weighted by Gasteiger charge is 2.42. The quantitative estimate of drug-likeness (QED) is 0.567. The molecule has 1 saturated carbocycles. The number of rotatable bonds is 6. The van der Waals surface area contributed by atoms with Crippen molar-refractivity contribution >= 4 is 23.2 Å². The molecule has 0 atom stereocenters. The van der Waals surface area contributed by atoms with Crippen LogP contribution in [-0.4, -0.2) is 18.1 Å². The van der Waals surface area contributed by atoms with Crippen molar-refractivity contribution in [2.75, 3.05) is 13.2 Å². The van der Waals surface area contributed by atoms with Crippen LogP contribution < -0.4 is 10.5 Å². The van der Waals surface area contributed by atoms with Gasteiger partial charge in [0.1, 0.15) is 5.75 Å². The number of halogens is 2. The molecule has 1 heterocycles. The molecule has 3 nitrogen and oxygen atoms in total. The highest BCUT2D eigenvalue weighted by Crippen LogP contribution is 2.45. The van der Waals surface area contributed by atoms with Gasteiger partial charge in [-0.2, -0.15) is 0 Å². The second-order valence-electron chi connectivity index (χ2n) is 7.07. The monoisotopic (exact) mass is 398 g/mol. The van der Waals surface area contributed by atoms with E-state index in [0.717, 1.165) is 41.0 Å². The smallest absolute Gasteiger partial charge is 0.138 e. The molecular formula is C22H20Cl2N2O. The van der Waals surface area contributed by atoms with Crippen LogP contribution in [0.4, 0.5) is 0 Å². The summed E-state index contributed by atoms with van der Waals surface area (Å²) in [6, 6.07) is 17.5. The van der Waals surface area contributed by atoms with Crippen molar-refractivity contribution in [2.24, 2.45) is 11.1 Å². The molecule has 2 aromatic carbocycles. The van der Waals surface area contributed by atoms with Crippen LogP contribution in [0.25, 0.3) is 22.4 Å². The minimum absolute atomic E-state index is 0.148. The fourth-order valence-electron chi connectivity index (χ4n) is 3.03. The Morgan fingerprint density at radius 2 is 1.52 bits per heavy atom. The zero-order valence-corrected chi connectivity index (χ0v) is 16.3. The molecule has 0 unspecified atom stereocenters. The van der Waals surface area contributed by atoms with Gasteiger partial charge in [-0.25, -0.2) is 0 Å². The zero-order chi connectivity index (χ0) is 18.9. The lowest BCUT2D eigenvalue weighted by atomic mass is 9.99. The van der Waals surface area contributed by atoms with Gasteiger partial charge in [0.2, 0.25) is 0 Å². The molecule has 0 aliphatic heterocycles. The van der Waals surface area contributed by atoms with Gasteiger partial charge in [-0.05, 0) is 48.7 Å². The summed E-state index contributed by atoms with van der Waals surface area (Å²) < 4.78 is 6.03. The Labute approximate surface area is 169 Å². The molecular weight excluding hydrogens is 379 g/mol. The highest BCUT2D eigenvalue weighted by atomic mass is 35.5. The zero-order valence-electron chi connectivity index (χ0n) is 14.8. The fourth-order valence-corrected chi connectivity index (χ4v) is 3.28. The minimum Gasteiger partial charge on any atom is -0.491 e. The van der Waals surface area contributed by atoms with E-state index >= 15 is 0 Å². The van der Waals surface area contributed by atoms with Crippen molar-refractivity contribution in [1.82, 2.24) is 4.98 Å². The number of nitrogens with two attached hydrogens (primary N) is 1. The molecule has 1 aliphatic rings. The maximum Gasteiger partial charge on any atom is 0.138 e. The van der Waals surface area contributed by atoms with Gasteiger partial charge in [-0.3, -0.25) is 4.98 Å². The summed E-state index contributed by atoms with van der Waals surface area (Å²) in [7, 11) is 0. The van der Waals surface area contributed by atoms with E-state index in [-0.39, 0.29) is 5.41 Å². The van der Waals surface area contributed by atoms with Crippen LogP contribution in [-0.2, 0) is 0 Å². The highest BCUT2D eigenvalue weighted by molar-refractivity contribution is 6.31. The van der Waals surface area contributed by atoms with E-state index in [2.05, 4.69) is 0 Å². The predicted molar refractivity (Wildman–Crippen MR) is 111 cm³/mol. The summed E-state index contributed by atoms with van der Waals surface area (Å²) >= 11 is 12.1. The van der Waals surface area contributed by atoms with Gasteiger partial charge in [0.05, 0.1) is 18.5 Å². The Morgan fingerprint density at radius 3 is 2.07 bits per heavy atom. The molecule has 27 heavy (non-hydrogen) atoms. The third kappa shape index (κ3) is 4.11. The summed E-state index contributed by atoms with van der Waals surface area (Å²) in [6.45, 7) is 1.29. The van der Waals surface area contributed by atoms with E-state index in [0.29, 0.717) is 23.2 Å². The summed E-state index contributed by atoms with van der Waals surface area (Å²) in [5, 5.41) is 1.40. The molecule has 0 spiro atoms. The summed E-state index contributed by atoms with van der Waals surface area (Å²) in [6.07, 6.45) is 4.03. The number of hydrogen-bond donors (Lipinski definition) is 1. The number of nitrogens with zero attached hydrogens (tertiary/aromatic N) is 1. The van der Waals surface area contributed by atoms with Crippen molar-refractivity contribution in [3.8, 4) is 28.1 Å². The van der Waals surface area contributed by atoms with Crippen molar-refractivity contribution in [2.45, 2.75) is 12.8 Å². The van der Waals surface area contributed by atoms with Gasteiger partial charge in [0.15, 0.2) is 0 Å². The molecule has 5 heteroatoms. The fraction of sp³-hybridized carbons (Fsp3) is 0.227. The van der Waals surface area contributed by atoms with Crippen LogP contribution in [0.15, 0.2) is 60.8 Å². The largest absolute Gasteiger partial charge is 0.491 e. The van der Waals surface area contributed by atoms with E-state index in [1.807, 2.05) is 54.6 Å². The van der Waals surface area contributed by atoms with Crippen LogP contribution in [0.2, 0.25) is 10.0 Å².